The summed E-state index contributed by atoms with van der Waals surface area (Å²) in [4.78, 5) is 16.6. The van der Waals surface area contributed by atoms with Crippen LogP contribution in [-0.2, 0) is 29.6 Å². The number of aryl methyl sites for hydroxylation is 2. The Morgan fingerprint density at radius 1 is 1.36 bits per heavy atom. The highest BCUT2D eigenvalue weighted by atomic mass is 16.5. The number of carbonyl (C=O) groups is 1. The molecule has 0 radical (unpaired) electrons. The lowest BCUT2D eigenvalue weighted by molar-refractivity contribution is -0.121. The minimum atomic E-state index is -0.136. The summed E-state index contributed by atoms with van der Waals surface area (Å²) in [5.74, 6) is 3.13. The lowest BCUT2D eigenvalue weighted by Gasteiger charge is -2.13. The van der Waals surface area contributed by atoms with Crippen molar-refractivity contribution in [1.29, 1.82) is 0 Å². The monoisotopic (exact) mass is 346 g/mol. The molecule has 0 aliphatic carbocycles. The van der Waals surface area contributed by atoms with Crippen molar-refractivity contribution in [2.75, 3.05) is 0 Å². The van der Waals surface area contributed by atoms with E-state index >= 15 is 0 Å². The van der Waals surface area contributed by atoms with Crippen molar-refractivity contribution < 1.29 is 9.32 Å². The maximum atomic E-state index is 12.2. The number of nitrogens with one attached hydrogen (secondary N) is 1. The van der Waals surface area contributed by atoms with Crippen LogP contribution in [0.3, 0.4) is 0 Å². The van der Waals surface area contributed by atoms with Gasteiger partial charge in [0.2, 0.25) is 11.8 Å². The van der Waals surface area contributed by atoms with Crippen LogP contribution in [-0.4, -0.2) is 30.8 Å². The molecule has 0 spiro atoms. The van der Waals surface area contributed by atoms with E-state index in [9.17, 15) is 4.79 Å². The number of hydrogen-bond donors (Lipinski definition) is 1. The van der Waals surface area contributed by atoms with E-state index < -0.39 is 0 Å². The van der Waals surface area contributed by atoms with Crippen LogP contribution in [0, 0.1) is 0 Å². The van der Waals surface area contributed by atoms with Gasteiger partial charge in [-0.15, -0.1) is 10.2 Å². The number of hydrogen-bond acceptors (Lipinski definition) is 6. The Kier molecular flexibility index (Phi) is 4.87. The van der Waals surface area contributed by atoms with E-state index in [1.165, 1.54) is 0 Å². The van der Waals surface area contributed by atoms with Crippen LogP contribution in [0.4, 0.5) is 0 Å². The minimum absolute atomic E-state index is 0.00147. The highest BCUT2D eigenvalue weighted by Gasteiger charge is 2.23. The summed E-state index contributed by atoms with van der Waals surface area (Å²) < 4.78 is 7.36. The topological polar surface area (TPSA) is 98.7 Å². The van der Waals surface area contributed by atoms with Crippen LogP contribution in [0.25, 0.3) is 0 Å². The van der Waals surface area contributed by atoms with Gasteiger partial charge in [0.05, 0.1) is 6.04 Å². The van der Waals surface area contributed by atoms with Crippen molar-refractivity contribution in [3.05, 3.63) is 23.4 Å². The van der Waals surface area contributed by atoms with E-state index in [4.69, 9.17) is 4.52 Å². The molecular formula is C17H26N6O2. The van der Waals surface area contributed by atoms with Crippen LogP contribution in [0.1, 0.15) is 76.4 Å². The van der Waals surface area contributed by atoms with Gasteiger partial charge in [-0.25, -0.2) is 0 Å². The van der Waals surface area contributed by atoms with Gasteiger partial charge in [-0.3, -0.25) is 4.79 Å². The molecule has 1 aliphatic heterocycles. The SMILES string of the molecule is CC(NC(=O)CCCc1nc(C(C)(C)C)no1)c1nnc2n1CCC2. The van der Waals surface area contributed by atoms with Gasteiger partial charge in [0.15, 0.2) is 11.6 Å². The van der Waals surface area contributed by atoms with Crippen LogP contribution in [0.15, 0.2) is 4.52 Å². The second-order valence-corrected chi connectivity index (χ2v) is 7.63. The van der Waals surface area contributed by atoms with Crippen molar-refractivity contribution in [2.24, 2.45) is 0 Å². The quantitative estimate of drug-likeness (QED) is 0.860. The van der Waals surface area contributed by atoms with Crippen molar-refractivity contribution in [3.63, 3.8) is 0 Å². The molecule has 2 aromatic heterocycles. The molecule has 0 aromatic carbocycles. The molecule has 0 bridgehead atoms. The van der Waals surface area contributed by atoms with Gasteiger partial charge >= 0.3 is 0 Å². The van der Waals surface area contributed by atoms with Crippen LogP contribution >= 0.6 is 0 Å². The first-order valence-corrected chi connectivity index (χ1v) is 8.89. The fourth-order valence-corrected chi connectivity index (χ4v) is 2.93. The molecule has 8 heteroatoms. The molecule has 1 N–H and O–H groups in total. The Morgan fingerprint density at radius 2 is 2.16 bits per heavy atom. The number of aromatic nitrogens is 5. The molecule has 2 aromatic rings. The summed E-state index contributed by atoms with van der Waals surface area (Å²) in [5, 5.41) is 15.4. The summed E-state index contributed by atoms with van der Waals surface area (Å²) in [7, 11) is 0. The minimum Gasteiger partial charge on any atom is -0.346 e. The fourth-order valence-electron chi connectivity index (χ4n) is 2.93. The number of carbonyl (C=O) groups excluding carboxylic acids is 1. The normalized spacial score (nSPS) is 15.2. The van der Waals surface area contributed by atoms with E-state index in [2.05, 4.69) is 30.2 Å². The molecular weight excluding hydrogens is 320 g/mol. The average molecular weight is 346 g/mol. The smallest absolute Gasteiger partial charge is 0.226 e. The Balaban J connectivity index is 1.46. The highest BCUT2D eigenvalue weighted by molar-refractivity contribution is 5.76. The van der Waals surface area contributed by atoms with Gasteiger partial charge in [-0.1, -0.05) is 25.9 Å². The molecule has 3 heterocycles. The lowest BCUT2D eigenvalue weighted by atomic mass is 9.96. The van der Waals surface area contributed by atoms with Crippen molar-refractivity contribution >= 4 is 5.91 Å². The molecule has 0 saturated carbocycles. The molecule has 1 unspecified atom stereocenters. The average Bonchev–Trinajstić information content (AvgIpc) is 3.22. The third kappa shape index (κ3) is 4.05. The Labute approximate surface area is 147 Å². The molecule has 136 valence electrons. The maximum Gasteiger partial charge on any atom is 0.226 e. The number of amides is 1. The zero-order chi connectivity index (χ0) is 18.0. The van der Waals surface area contributed by atoms with Gasteiger partial charge in [-0.2, -0.15) is 4.98 Å². The van der Waals surface area contributed by atoms with Gasteiger partial charge in [0, 0.05) is 31.2 Å². The highest BCUT2D eigenvalue weighted by Crippen LogP contribution is 2.20. The van der Waals surface area contributed by atoms with Crippen LogP contribution in [0.2, 0.25) is 0 Å². The Hall–Kier alpha value is -2.25. The van der Waals surface area contributed by atoms with E-state index in [1.54, 1.807) is 0 Å². The molecule has 25 heavy (non-hydrogen) atoms. The number of rotatable bonds is 6. The van der Waals surface area contributed by atoms with Gasteiger partial charge < -0.3 is 14.4 Å². The van der Waals surface area contributed by atoms with Crippen LogP contribution in [0.5, 0.6) is 0 Å². The number of fused-ring (bicyclic) bond motifs is 1. The maximum absolute atomic E-state index is 12.2. The second-order valence-electron chi connectivity index (χ2n) is 7.63. The molecule has 0 saturated heterocycles. The number of nitrogens with zero attached hydrogens (tertiary/aromatic N) is 5. The molecule has 1 amide bonds. The van der Waals surface area contributed by atoms with Gasteiger partial charge in [0.25, 0.3) is 0 Å². The second kappa shape index (κ2) is 6.93. The van der Waals surface area contributed by atoms with E-state index in [1.807, 2.05) is 27.7 Å². The molecule has 0 fully saturated rings. The predicted molar refractivity (Wildman–Crippen MR) is 90.8 cm³/mol. The van der Waals surface area contributed by atoms with E-state index in [-0.39, 0.29) is 17.4 Å². The Morgan fingerprint density at radius 3 is 2.88 bits per heavy atom. The largest absolute Gasteiger partial charge is 0.346 e. The predicted octanol–water partition coefficient (Wildman–Crippen LogP) is 2.10. The standard InChI is InChI=1S/C17H26N6O2/c1-11(15-21-20-12-7-6-10-23(12)15)18-13(24)8-5-9-14-19-16(22-25-14)17(2,3)4/h11H,5-10H2,1-4H3,(H,18,24). The molecule has 3 rings (SSSR count). The van der Waals surface area contributed by atoms with E-state index in [0.717, 1.165) is 31.0 Å². The fraction of sp³-hybridized carbons (Fsp3) is 0.706. The zero-order valence-corrected chi connectivity index (χ0v) is 15.4. The summed E-state index contributed by atoms with van der Waals surface area (Å²) in [6, 6.07) is -0.136. The molecule has 1 atom stereocenters. The summed E-state index contributed by atoms with van der Waals surface area (Å²) in [6.07, 6.45) is 3.75. The lowest BCUT2D eigenvalue weighted by Crippen LogP contribution is -2.28. The van der Waals surface area contributed by atoms with Gasteiger partial charge in [-0.05, 0) is 19.8 Å². The Bertz CT molecular complexity index is 743. The van der Waals surface area contributed by atoms with Crippen LogP contribution < -0.4 is 5.32 Å². The molecule has 8 nitrogen and oxygen atoms in total. The molecule has 1 aliphatic rings. The third-order valence-corrected chi connectivity index (χ3v) is 4.34. The van der Waals surface area contributed by atoms with Crippen molar-refractivity contribution in [2.45, 2.75) is 77.8 Å². The summed E-state index contributed by atoms with van der Waals surface area (Å²) >= 11 is 0. The van der Waals surface area contributed by atoms with Gasteiger partial charge in [0.1, 0.15) is 5.82 Å². The first-order chi connectivity index (χ1) is 11.8. The first kappa shape index (κ1) is 17.6. The summed E-state index contributed by atoms with van der Waals surface area (Å²) in [6.45, 7) is 9.00. The van der Waals surface area contributed by atoms with E-state index in [0.29, 0.717) is 31.0 Å². The summed E-state index contributed by atoms with van der Waals surface area (Å²) in [5.41, 5.74) is -0.132. The first-order valence-electron chi connectivity index (χ1n) is 8.89. The van der Waals surface area contributed by atoms with Crippen molar-refractivity contribution in [1.82, 2.24) is 30.2 Å². The zero-order valence-electron chi connectivity index (χ0n) is 15.4. The van der Waals surface area contributed by atoms with Crippen molar-refractivity contribution in [3.8, 4) is 0 Å². The third-order valence-electron chi connectivity index (χ3n) is 4.34.